The summed E-state index contributed by atoms with van der Waals surface area (Å²) < 4.78 is 13.4. The van der Waals surface area contributed by atoms with Gasteiger partial charge in [0, 0.05) is 0 Å². The summed E-state index contributed by atoms with van der Waals surface area (Å²) in [6.45, 7) is 12.5. The molecular formula is C27H37FKO-. The van der Waals surface area contributed by atoms with Gasteiger partial charge in [-0.2, -0.15) is 23.6 Å². The second kappa shape index (κ2) is 16.2. The molecule has 1 aliphatic carbocycles. The Bertz CT molecular complexity index is 732. The number of carbonyl (C=O) groups excluding carboxylic acids is 1. The number of Topliss-reactive ketones (excluding diaryl/α,β-unsaturated/α-hetero) is 1. The van der Waals surface area contributed by atoms with Gasteiger partial charge in [-0.25, -0.2) is 9.96 Å². The minimum absolute atomic E-state index is 0. The molecule has 0 aromatic heterocycles. The first-order chi connectivity index (χ1) is 13.8. The van der Waals surface area contributed by atoms with Gasteiger partial charge in [0.15, 0.2) is 0 Å². The van der Waals surface area contributed by atoms with Gasteiger partial charge >= 0.3 is 51.4 Å². The van der Waals surface area contributed by atoms with Crippen molar-refractivity contribution in [3.63, 3.8) is 0 Å². The number of ketones is 1. The Kier molecular flexibility index (Phi) is 16.0. The summed E-state index contributed by atoms with van der Waals surface area (Å²) >= 11 is 0. The van der Waals surface area contributed by atoms with E-state index >= 15 is 0 Å². The molecule has 160 valence electrons. The molecule has 30 heavy (non-hydrogen) atoms. The van der Waals surface area contributed by atoms with Crippen LogP contribution in [0.4, 0.5) is 4.39 Å². The van der Waals surface area contributed by atoms with E-state index in [-0.39, 0.29) is 63.0 Å². The molecule has 1 aromatic carbocycles. The van der Waals surface area contributed by atoms with Crippen LogP contribution in [0.15, 0.2) is 53.6 Å². The first-order valence-corrected chi connectivity index (χ1v) is 10.9. The van der Waals surface area contributed by atoms with E-state index in [1.54, 1.807) is 13.0 Å². The molecule has 0 spiro atoms. The summed E-state index contributed by atoms with van der Waals surface area (Å²) in [5.41, 5.74) is 2.57. The van der Waals surface area contributed by atoms with Gasteiger partial charge < -0.3 is 0 Å². The van der Waals surface area contributed by atoms with Gasteiger partial charge in [0.2, 0.25) is 0 Å². The molecule has 0 saturated heterocycles. The molecule has 0 fully saturated rings. The third-order valence-corrected chi connectivity index (χ3v) is 5.21. The van der Waals surface area contributed by atoms with E-state index in [2.05, 4.69) is 33.8 Å². The van der Waals surface area contributed by atoms with Crippen molar-refractivity contribution in [1.29, 1.82) is 0 Å². The number of rotatable bonds is 7. The Balaban J connectivity index is 0.000000909. The Hall–Kier alpha value is -0.454. The number of benzene rings is 1. The number of hydrogen-bond acceptors (Lipinski definition) is 1. The molecule has 1 aromatic rings. The summed E-state index contributed by atoms with van der Waals surface area (Å²) in [5, 5.41) is 0. The van der Waals surface area contributed by atoms with Gasteiger partial charge in [0.1, 0.15) is 5.78 Å². The molecule has 1 aliphatic rings. The van der Waals surface area contributed by atoms with Gasteiger partial charge in [-0.15, -0.1) is 12.1 Å². The smallest absolute Gasteiger partial charge is 0.296 e. The van der Waals surface area contributed by atoms with Crippen LogP contribution in [0.3, 0.4) is 0 Å². The van der Waals surface area contributed by atoms with E-state index in [1.165, 1.54) is 31.4 Å². The molecule has 0 radical (unpaired) electrons. The fourth-order valence-corrected chi connectivity index (χ4v) is 3.21. The largest absolute Gasteiger partial charge is 1.00 e. The Morgan fingerprint density at radius 2 is 2.03 bits per heavy atom. The zero-order valence-electron chi connectivity index (χ0n) is 20.0. The van der Waals surface area contributed by atoms with Crippen LogP contribution in [0.25, 0.3) is 0 Å². The normalized spacial score (nSPS) is 19.4. The van der Waals surface area contributed by atoms with Crippen molar-refractivity contribution in [2.45, 2.75) is 73.6 Å². The van der Waals surface area contributed by atoms with E-state index < -0.39 is 0 Å². The molecule has 1 nitrogen and oxygen atoms in total. The molecule has 1 unspecified atom stereocenters. The minimum Gasteiger partial charge on any atom is -0.296 e. The standard InChI is InChI=1S/C20H21FO.C7H16.K/c1-14-6-4-8-19(16(3)22)12-17(10-14)11-15(2)18-7-5-9-20(21)13-18;1-4-6-7(3)5-2;/h4-5,7-9,12-14H,6,11H2,1-3H3;7H,4-6H2,1-3H3;/q-2;;+1/b8-4+,19-12+;;/t;7-;/m.1./s1. The minimum atomic E-state index is -0.233. The van der Waals surface area contributed by atoms with Crippen LogP contribution in [0.1, 0.15) is 79.2 Å². The second-order valence-electron chi connectivity index (χ2n) is 8.13. The third-order valence-electron chi connectivity index (χ3n) is 5.21. The molecule has 0 saturated carbocycles. The van der Waals surface area contributed by atoms with Crippen molar-refractivity contribution in [3.8, 4) is 0 Å². The van der Waals surface area contributed by atoms with Crippen LogP contribution in [-0.4, -0.2) is 5.78 Å². The number of hydrogen-bond donors (Lipinski definition) is 0. The maximum Gasteiger partial charge on any atom is 1.00 e. The number of halogens is 1. The Morgan fingerprint density at radius 1 is 1.33 bits per heavy atom. The molecule has 2 rings (SSSR count). The van der Waals surface area contributed by atoms with E-state index in [0.717, 1.165) is 29.4 Å². The van der Waals surface area contributed by atoms with Gasteiger partial charge in [-0.05, 0) is 19.3 Å². The van der Waals surface area contributed by atoms with Crippen molar-refractivity contribution in [2.24, 2.45) is 11.8 Å². The topological polar surface area (TPSA) is 17.1 Å². The fourth-order valence-electron chi connectivity index (χ4n) is 3.21. The van der Waals surface area contributed by atoms with Crippen molar-refractivity contribution in [3.05, 3.63) is 77.0 Å². The summed E-state index contributed by atoms with van der Waals surface area (Å²) in [6.07, 6.45) is 14.9. The molecule has 0 aliphatic heterocycles. The number of allylic oxidation sites excluding steroid dienone is 6. The maximum absolute atomic E-state index is 13.4. The Labute approximate surface area is 226 Å². The van der Waals surface area contributed by atoms with Crippen LogP contribution in [-0.2, 0) is 4.79 Å². The zero-order chi connectivity index (χ0) is 21.8. The number of carbonyl (C=O) groups is 1. The van der Waals surface area contributed by atoms with E-state index in [4.69, 9.17) is 0 Å². The van der Waals surface area contributed by atoms with Gasteiger partial charge in [-0.3, -0.25) is 10.9 Å². The van der Waals surface area contributed by atoms with Crippen LogP contribution in [0.2, 0.25) is 0 Å². The summed E-state index contributed by atoms with van der Waals surface area (Å²) in [4.78, 5) is 11.7. The van der Waals surface area contributed by atoms with Crippen molar-refractivity contribution < 1.29 is 60.6 Å². The molecule has 0 N–H and O–H groups in total. The summed E-state index contributed by atoms with van der Waals surface area (Å²) in [5.74, 6) is 2.14. The van der Waals surface area contributed by atoms with Gasteiger partial charge in [0.25, 0.3) is 0 Å². The molecule has 2 atom stereocenters. The van der Waals surface area contributed by atoms with Crippen LogP contribution in [0.5, 0.6) is 0 Å². The molecule has 3 heteroatoms. The van der Waals surface area contributed by atoms with Crippen molar-refractivity contribution in [2.75, 3.05) is 0 Å². The second-order valence-corrected chi connectivity index (χ2v) is 8.13. The zero-order valence-corrected chi connectivity index (χ0v) is 23.1. The monoisotopic (exact) mass is 435 g/mol. The van der Waals surface area contributed by atoms with Crippen LogP contribution in [0, 0.1) is 29.6 Å². The third kappa shape index (κ3) is 11.8. The van der Waals surface area contributed by atoms with E-state index in [9.17, 15) is 9.18 Å². The molecule has 0 bridgehead atoms. The van der Waals surface area contributed by atoms with Gasteiger partial charge in [0.05, 0.1) is 5.82 Å². The molecule has 0 heterocycles. The van der Waals surface area contributed by atoms with E-state index in [1.807, 2.05) is 31.2 Å². The fraction of sp³-hybridized carbons (Fsp3) is 0.481. The van der Waals surface area contributed by atoms with Crippen LogP contribution >= 0.6 is 0 Å². The Morgan fingerprint density at radius 3 is 2.57 bits per heavy atom. The molecular weight excluding hydrogens is 398 g/mol. The first-order valence-electron chi connectivity index (χ1n) is 10.9. The van der Waals surface area contributed by atoms with Crippen molar-refractivity contribution in [1.82, 2.24) is 0 Å². The maximum atomic E-state index is 13.4. The average molecular weight is 436 g/mol. The predicted octanol–water partition coefficient (Wildman–Crippen LogP) is 4.84. The first kappa shape index (κ1) is 29.5. The van der Waals surface area contributed by atoms with Gasteiger partial charge in [-0.1, -0.05) is 90.0 Å². The summed E-state index contributed by atoms with van der Waals surface area (Å²) in [7, 11) is 0. The van der Waals surface area contributed by atoms with Crippen molar-refractivity contribution >= 4 is 5.78 Å². The van der Waals surface area contributed by atoms with Crippen LogP contribution < -0.4 is 51.4 Å². The SMILES string of the molecule is CC(=O)C1=C/C(C[C-](C)c2cccc(F)c2)=[C-]C(C)C\C=C\1.CCC[C@H](C)CC.[K+]. The molecule has 0 amide bonds. The average Bonchev–Trinajstić information content (AvgIpc) is 2.65. The summed E-state index contributed by atoms with van der Waals surface area (Å²) in [6, 6.07) is 6.60. The van der Waals surface area contributed by atoms with E-state index in [0.29, 0.717) is 17.9 Å². The predicted molar refractivity (Wildman–Crippen MR) is 122 cm³/mol. The quantitative estimate of drug-likeness (QED) is 0.443.